The molecule has 3 N–H and O–H groups in total. The number of carbonyl (C=O) groups excluding carboxylic acids is 1. The van der Waals surface area contributed by atoms with Crippen molar-refractivity contribution in [1.82, 2.24) is 4.90 Å². The summed E-state index contributed by atoms with van der Waals surface area (Å²) in [6.45, 7) is -0.271. The molecule has 11 heavy (non-hydrogen) atoms. The molecular weight excluding hydrogens is 150 g/mol. The van der Waals surface area contributed by atoms with Gasteiger partial charge in [0, 0.05) is 6.08 Å². The van der Waals surface area contributed by atoms with Crippen molar-refractivity contribution in [2.24, 2.45) is 0 Å². The van der Waals surface area contributed by atoms with E-state index in [1.807, 2.05) is 0 Å². The molecule has 1 amide bonds. The zero-order valence-corrected chi connectivity index (χ0v) is 5.71. The first kappa shape index (κ1) is 8.19. The van der Waals surface area contributed by atoms with E-state index in [0.717, 1.165) is 4.90 Å². The average Bonchev–Trinajstić information content (AvgIpc) is 2.18. The number of rotatable bonds is 2. The number of aliphatic hydroxyl groups excluding tert-OH is 2. The van der Waals surface area contributed by atoms with Crippen molar-refractivity contribution in [2.75, 3.05) is 6.54 Å². The predicted octanol–water partition coefficient (Wildman–Crippen LogP) is -1.99. The van der Waals surface area contributed by atoms with Crippen LogP contribution >= 0.6 is 0 Å². The van der Waals surface area contributed by atoms with Crippen molar-refractivity contribution >= 4 is 5.91 Å². The summed E-state index contributed by atoms with van der Waals surface area (Å²) < 4.78 is 0. The lowest BCUT2D eigenvalue weighted by atomic mass is 10.5. The maximum absolute atomic E-state index is 10.8. The molecule has 0 radical (unpaired) electrons. The van der Waals surface area contributed by atoms with Gasteiger partial charge in [-0.1, -0.05) is 0 Å². The van der Waals surface area contributed by atoms with Gasteiger partial charge in [0.15, 0.2) is 6.29 Å². The van der Waals surface area contributed by atoms with Crippen molar-refractivity contribution in [3.63, 3.8) is 0 Å². The maximum atomic E-state index is 10.8. The van der Waals surface area contributed by atoms with Crippen LogP contribution in [0.2, 0.25) is 0 Å². The van der Waals surface area contributed by atoms with E-state index in [1.54, 1.807) is 0 Å². The van der Waals surface area contributed by atoms with E-state index in [2.05, 4.69) is 0 Å². The van der Waals surface area contributed by atoms with Gasteiger partial charge in [-0.25, -0.2) is 0 Å². The number of hydrogen-bond donors (Lipinski definition) is 3. The Balaban J connectivity index is 2.52. The summed E-state index contributed by atoms with van der Waals surface area (Å²) in [4.78, 5) is 11.7. The molecule has 5 nitrogen and oxygen atoms in total. The summed E-state index contributed by atoms with van der Waals surface area (Å²) in [5, 5.41) is 25.9. The Hall–Kier alpha value is -0.910. The Morgan fingerprint density at radius 1 is 1.64 bits per heavy atom. The van der Waals surface area contributed by atoms with E-state index in [9.17, 15) is 4.79 Å². The lowest BCUT2D eigenvalue weighted by molar-refractivity contribution is -0.140. The molecule has 0 aromatic heterocycles. The summed E-state index contributed by atoms with van der Waals surface area (Å²) >= 11 is 0. The molecule has 0 saturated heterocycles. The first-order chi connectivity index (χ1) is 5.11. The molecule has 1 heterocycles. The fourth-order valence-electron chi connectivity index (χ4n) is 0.872. The Labute approximate surface area is 63.2 Å². The van der Waals surface area contributed by atoms with Crippen molar-refractivity contribution in [3.05, 3.63) is 12.2 Å². The monoisotopic (exact) mass is 159 g/mol. The number of nitrogens with zero attached hydrogens (tertiary/aromatic N) is 1. The molecular formula is C6H9NO4. The van der Waals surface area contributed by atoms with Crippen LogP contribution in [0.4, 0.5) is 0 Å². The van der Waals surface area contributed by atoms with Crippen LogP contribution in [0.5, 0.6) is 0 Å². The van der Waals surface area contributed by atoms with Crippen molar-refractivity contribution in [2.45, 2.75) is 12.5 Å². The summed E-state index contributed by atoms with van der Waals surface area (Å²) in [7, 11) is 0. The molecule has 0 saturated carbocycles. The zero-order valence-electron chi connectivity index (χ0n) is 5.71. The van der Waals surface area contributed by atoms with E-state index >= 15 is 0 Å². The normalized spacial score (nSPS) is 23.8. The summed E-state index contributed by atoms with van der Waals surface area (Å²) in [6, 6.07) is 0. The van der Waals surface area contributed by atoms with Crippen LogP contribution in [0.15, 0.2) is 12.2 Å². The number of aliphatic hydroxyl groups is 3. The van der Waals surface area contributed by atoms with Gasteiger partial charge in [0.2, 0.25) is 5.91 Å². The first-order valence-corrected chi connectivity index (χ1v) is 3.14. The maximum Gasteiger partial charge on any atom is 0.248 e. The molecule has 62 valence electrons. The molecule has 1 atom stereocenters. The second kappa shape index (κ2) is 3.00. The van der Waals surface area contributed by atoms with E-state index in [1.165, 1.54) is 12.2 Å². The molecule has 1 unspecified atom stereocenters. The summed E-state index contributed by atoms with van der Waals surface area (Å²) in [6.07, 6.45) is -0.157. The fourth-order valence-corrected chi connectivity index (χ4v) is 0.872. The molecule has 1 aliphatic heterocycles. The third-order valence-corrected chi connectivity index (χ3v) is 1.37. The topological polar surface area (TPSA) is 81.0 Å². The van der Waals surface area contributed by atoms with Crippen LogP contribution in [0, 0.1) is 0 Å². The van der Waals surface area contributed by atoms with Crippen LogP contribution in [-0.4, -0.2) is 45.2 Å². The van der Waals surface area contributed by atoms with Gasteiger partial charge in [-0.15, -0.1) is 0 Å². The molecule has 1 rings (SSSR count). The van der Waals surface area contributed by atoms with E-state index < -0.39 is 18.4 Å². The molecule has 1 aliphatic rings. The largest absolute Gasteiger partial charge is 0.370 e. The number of hydrogen-bond acceptors (Lipinski definition) is 4. The van der Waals surface area contributed by atoms with E-state index in [0.29, 0.717) is 0 Å². The molecule has 0 spiro atoms. The predicted molar refractivity (Wildman–Crippen MR) is 35.1 cm³/mol. The SMILES string of the molecule is O=C1C=CC(O)N1CC(O)O. The minimum Gasteiger partial charge on any atom is -0.370 e. The van der Waals surface area contributed by atoms with Gasteiger partial charge in [0.05, 0.1) is 6.54 Å². The minimum absolute atomic E-state index is 0.271. The van der Waals surface area contributed by atoms with Gasteiger partial charge in [-0.05, 0) is 6.08 Å². The van der Waals surface area contributed by atoms with E-state index in [4.69, 9.17) is 15.3 Å². The Morgan fingerprint density at radius 3 is 2.64 bits per heavy atom. The zero-order chi connectivity index (χ0) is 8.43. The van der Waals surface area contributed by atoms with Crippen molar-refractivity contribution < 1.29 is 20.1 Å². The second-order valence-corrected chi connectivity index (χ2v) is 2.24. The fraction of sp³-hybridized carbons (Fsp3) is 0.500. The molecule has 0 aliphatic carbocycles. The Bertz CT molecular complexity index is 189. The van der Waals surface area contributed by atoms with E-state index in [-0.39, 0.29) is 6.54 Å². The minimum atomic E-state index is -1.60. The quantitative estimate of drug-likeness (QED) is 0.407. The lowest BCUT2D eigenvalue weighted by Gasteiger charge is -2.20. The number of amides is 1. The van der Waals surface area contributed by atoms with Gasteiger partial charge in [-0.2, -0.15) is 0 Å². The Morgan fingerprint density at radius 2 is 2.27 bits per heavy atom. The standard InChI is InChI=1S/C6H9NO4/c8-4-1-2-5(9)7(4)3-6(10)11/h1-2,4,6,8,10-11H,3H2. The molecule has 0 bridgehead atoms. The highest BCUT2D eigenvalue weighted by atomic mass is 16.5. The van der Waals surface area contributed by atoms with Crippen LogP contribution in [0.25, 0.3) is 0 Å². The summed E-state index contributed by atoms with van der Waals surface area (Å²) in [5.74, 6) is -0.411. The van der Waals surface area contributed by atoms with Crippen LogP contribution in [0.3, 0.4) is 0 Å². The van der Waals surface area contributed by atoms with Gasteiger partial charge in [-0.3, -0.25) is 4.79 Å². The van der Waals surface area contributed by atoms with Crippen molar-refractivity contribution in [1.29, 1.82) is 0 Å². The van der Waals surface area contributed by atoms with Crippen LogP contribution in [-0.2, 0) is 4.79 Å². The Kier molecular flexibility index (Phi) is 2.23. The van der Waals surface area contributed by atoms with Gasteiger partial charge < -0.3 is 20.2 Å². The highest BCUT2D eigenvalue weighted by molar-refractivity contribution is 5.90. The average molecular weight is 159 g/mol. The second-order valence-electron chi connectivity index (χ2n) is 2.24. The molecule has 0 fully saturated rings. The first-order valence-electron chi connectivity index (χ1n) is 3.14. The molecule has 0 aromatic rings. The van der Waals surface area contributed by atoms with Crippen LogP contribution in [0.1, 0.15) is 0 Å². The number of carbonyl (C=O) groups is 1. The molecule has 5 heteroatoms. The highest BCUT2D eigenvalue weighted by Crippen LogP contribution is 2.07. The lowest BCUT2D eigenvalue weighted by Crippen LogP contribution is -2.39. The van der Waals surface area contributed by atoms with Gasteiger partial charge >= 0.3 is 0 Å². The summed E-state index contributed by atoms with van der Waals surface area (Å²) in [5.41, 5.74) is 0. The van der Waals surface area contributed by atoms with Gasteiger partial charge in [0.25, 0.3) is 0 Å². The van der Waals surface area contributed by atoms with Gasteiger partial charge in [0.1, 0.15) is 6.23 Å². The highest BCUT2D eigenvalue weighted by Gasteiger charge is 2.24. The van der Waals surface area contributed by atoms with Crippen LogP contribution < -0.4 is 0 Å². The third-order valence-electron chi connectivity index (χ3n) is 1.37. The smallest absolute Gasteiger partial charge is 0.248 e. The molecule has 0 aromatic carbocycles. The number of β-amino-alcohol motifs (C(OH)–C–C–N with tert-alkyl or cyclic N) is 2. The van der Waals surface area contributed by atoms with Crippen molar-refractivity contribution in [3.8, 4) is 0 Å². The third kappa shape index (κ3) is 1.76.